The number of nitrogens with zero attached hydrogens (tertiary/aromatic N) is 4. The molecule has 2 amide bonds. The number of H-pyrrole nitrogens is 1. The Hall–Kier alpha value is -5.94. The molecule has 0 saturated carbocycles. The number of aryl methyl sites for hydroxylation is 4. The molecule has 304 valence electrons. The summed E-state index contributed by atoms with van der Waals surface area (Å²) in [5, 5.41) is 19.0. The van der Waals surface area contributed by atoms with Gasteiger partial charge < -0.3 is 15.0 Å². The highest BCUT2D eigenvalue weighted by Crippen LogP contribution is 2.37. The molecule has 3 N–H and O–H groups in total. The second-order valence-corrected chi connectivity index (χ2v) is 17.0. The van der Waals surface area contributed by atoms with Crippen LogP contribution in [-0.2, 0) is 36.6 Å². The lowest BCUT2D eigenvalue weighted by atomic mass is 9.98. The Morgan fingerprint density at radius 1 is 0.966 bits per heavy atom. The topological polar surface area (TPSA) is 162 Å². The molecule has 3 heterocycles. The Morgan fingerprint density at radius 2 is 1.69 bits per heavy atom. The number of carbonyl (C=O) groups is 2. The number of likely N-dealkylation sites (tertiary alicyclic amines) is 1. The summed E-state index contributed by atoms with van der Waals surface area (Å²) in [6.07, 6.45) is 3.52. The average Bonchev–Trinajstić information content (AvgIpc) is 3.95. The van der Waals surface area contributed by atoms with E-state index in [0.29, 0.717) is 30.7 Å². The number of amides is 2. The third-order valence-electron chi connectivity index (χ3n) is 10.8. The van der Waals surface area contributed by atoms with Crippen molar-refractivity contribution in [1.29, 1.82) is 5.26 Å². The van der Waals surface area contributed by atoms with Crippen molar-refractivity contribution < 1.29 is 22.7 Å². The van der Waals surface area contributed by atoms with Crippen LogP contribution in [0.4, 0.5) is 0 Å². The van der Waals surface area contributed by atoms with Crippen LogP contribution in [0.2, 0.25) is 5.02 Å². The van der Waals surface area contributed by atoms with Gasteiger partial charge in [-0.2, -0.15) is 10.4 Å². The molecule has 14 heteroatoms. The summed E-state index contributed by atoms with van der Waals surface area (Å²) >= 11 is 6.39. The Morgan fingerprint density at radius 3 is 2.44 bits per heavy atom. The highest BCUT2D eigenvalue weighted by atomic mass is 35.5. The quantitative estimate of drug-likeness (QED) is 0.0943. The zero-order valence-electron chi connectivity index (χ0n) is 33.5. The van der Waals surface area contributed by atoms with Gasteiger partial charge in [0, 0.05) is 52.9 Å². The molecule has 0 unspecified atom stereocenters. The number of para-hydroxylation sites is 1. The van der Waals surface area contributed by atoms with Gasteiger partial charge in [0.05, 0.1) is 23.4 Å². The van der Waals surface area contributed by atoms with E-state index in [4.69, 9.17) is 21.4 Å². The van der Waals surface area contributed by atoms with E-state index in [-0.39, 0.29) is 28.5 Å². The molecule has 0 spiro atoms. The third kappa shape index (κ3) is 8.90. The van der Waals surface area contributed by atoms with Gasteiger partial charge in [0.1, 0.15) is 22.4 Å². The number of rotatable bonds is 14. The Labute approximate surface area is 349 Å². The minimum absolute atomic E-state index is 0.0612. The summed E-state index contributed by atoms with van der Waals surface area (Å²) in [6.45, 7) is 9.27. The molecule has 1 aliphatic rings. The number of aromatic nitrogens is 3. The summed E-state index contributed by atoms with van der Waals surface area (Å²) in [6, 6.07) is 23.8. The van der Waals surface area contributed by atoms with Crippen LogP contribution in [0.15, 0.2) is 83.8 Å². The van der Waals surface area contributed by atoms with Gasteiger partial charge >= 0.3 is 0 Å². The van der Waals surface area contributed by atoms with E-state index in [9.17, 15) is 23.3 Å². The second-order valence-electron chi connectivity index (χ2n) is 15.0. The maximum Gasteiger partial charge on any atom is 0.268 e. The fraction of sp³-hybridized carbons (Fsp3) is 0.289. The third-order valence-corrected chi connectivity index (χ3v) is 12.8. The van der Waals surface area contributed by atoms with Crippen molar-refractivity contribution in [1.82, 2.24) is 29.7 Å². The predicted molar refractivity (Wildman–Crippen MR) is 228 cm³/mol. The first-order valence-corrected chi connectivity index (χ1v) is 21.4. The molecular weight excluding hydrogens is 786 g/mol. The Bertz CT molecular complexity index is 2700. The number of fused-ring (bicyclic) bond motifs is 1. The molecule has 1 fully saturated rings. The van der Waals surface area contributed by atoms with E-state index >= 15 is 0 Å². The molecule has 1 saturated heterocycles. The maximum absolute atomic E-state index is 14.2. The standard InChI is InChI=1S/C45H46ClN7O5S/c1-28-22-34(23-29(2)41(28)46)58-21-11-17-36-35-15-10-16-37(40-30(3)52(4)50-38(40)27-53-19-7-8-20-53)42(35)49-43(36)45(55)48-26-31-12-9-14-32(24-31)44(54)51-59(56,57)39-18-6-5-13-33(39)25-47/h5-6,9-10,12-16,18,22-24,49H,7-8,11,17,19-21,26-27H2,1-4H3,(H,48,55)(H,51,54). The number of sulfonamides is 1. The minimum Gasteiger partial charge on any atom is -0.494 e. The first kappa shape index (κ1) is 41.2. The molecule has 59 heavy (non-hydrogen) atoms. The van der Waals surface area contributed by atoms with Gasteiger partial charge in [-0.25, -0.2) is 13.1 Å². The number of hydrogen-bond acceptors (Lipinski definition) is 8. The molecule has 0 atom stereocenters. The van der Waals surface area contributed by atoms with Gasteiger partial charge in [-0.15, -0.1) is 0 Å². The van der Waals surface area contributed by atoms with Crippen LogP contribution in [0.5, 0.6) is 5.75 Å². The average molecular weight is 832 g/mol. The summed E-state index contributed by atoms with van der Waals surface area (Å²) in [7, 11) is -2.37. The van der Waals surface area contributed by atoms with Gasteiger partial charge in [0.2, 0.25) is 0 Å². The van der Waals surface area contributed by atoms with Crippen molar-refractivity contribution in [2.24, 2.45) is 7.05 Å². The molecule has 0 bridgehead atoms. The molecule has 0 aliphatic carbocycles. The van der Waals surface area contributed by atoms with Gasteiger partial charge in [-0.3, -0.25) is 19.2 Å². The molecule has 2 aromatic heterocycles. The van der Waals surface area contributed by atoms with Crippen LogP contribution in [-0.4, -0.2) is 59.6 Å². The summed E-state index contributed by atoms with van der Waals surface area (Å²) in [4.78, 5) is 33.0. The molecule has 7 rings (SSSR count). The van der Waals surface area contributed by atoms with Gasteiger partial charge in [-0.1, -0.05) is 54.1 Å². The number of nitriles is 1. The lowest BCUT2D eigenvalue weighted by molar-refractivity contribution is 0.0944. The number of hydrogen-bond donors (Lipinski definition) is 3. The van der Waals surface area contributed by atoms with Gasteiger partial charge in [0.15, 0.2) is 0 Å². The number of nitrogens with one attached hydrogen (secondary N) is 3. The van der Waals surface area contributed by atoms with E-state index in [1.165, 1.54) is 43.2 Å². The molecular formula is C45H46ClN7O5S. The van der Waals surface area contributed by atoms with Crippen LogP contribution >= 0.6 is 11.6 Å². The lowest BCUT2D eigenvalue weighted by Crippen LogP contribution is -2.31. The predicted octanol–water partition coefficient (Wildman–Crippen LogP) is 7.67. The van der Waals surface area contributed by atoms with E-state index in [1.54, 1.807) is 18.2 Å². The Balaban J connectivity index is 1.15. The molecule has 6 aromatic rings. The monoisotopic (exact) mass is 831 g/mol. The molecule has 0 radical (unpaired) electrons. The smallest absolute Gasteiger partial charge is 0.268 e. The fourth-order valence-electron chi connectivity index (χ4n) is 7.78. The second kappa shape index (κ2) is 17.5. The van der Waals surface area contributed by atoms with Crippen LogP contribution in [0.1, 0.15) is 79.3 Å². The van der Waals surface area contributed by atoms with Crippen LogP contribution in [0, 0.1) is 32.1 Å². The van der Waals surface area contributed by atoms with E-state index < -0.39 is 15.9 Å². The Kier molecular flexibility index (Phi) is 12.2. The van der Waals surface area contributed by atoms with Crippen LogP contribution in [0.25, 0.3) is 22.0 Å². The van der Waals surface area contributed by atoms with E-state index in [0.717, 1.165) is 80.5 Å². The van der Waals surface area contributed by atoms with Crippen LogP contribution in [0.3, 0.4) is 0 Å². The number of aromatic amines is 1. The highest BCUT2D eigenvalue weighted by Gasteiger charge is 2.26. The summed E-state index contributed by atoms with van der Waals surface area (Å²) in [5.74, 6) is -0.461. The first-order valence-electron chi connectivity index (χ1n) is 19.6. The van der Waals surface area contributed by atoms with Crippen molar-refractivity contribution in [3.8, 4) is 22.9 Å². The maximum atomic E-state index is 14.2. The van der Waals surface area contributed by atoms with Gasteiger partial charge in [0.25, 0.3) is 21.8 Å². The SMILES string of the molecule is Cc1cc(OCCCc2c(C(=O)NCc3cccc(C(=O)NS(=O)(=O)c4ccccc4C#N)c3)[nH]c3c(-c4c(CN5CCCC5)nn(C)c4C)cccc23)cc(C)c1Cl. The highest BCUT2D eigenvalue weighted by molar-refractivity contribution is 7.90. The number of benzene rings is 4. The zero-order chi connectivity index (χ0) is 41.8. The van der Waals surface area contributed by atoms with Crippen molar-refractivity contribution in [3.63, 3.8) is 0 Å². The summed E-state index contributed by atoms with van der Waals surface area (Å²) < 4.78 is 36.2. The molecule has 4 aromatic carbocycles. The normalized spacial score (nSPS) is 13.1. The lowest BCUT2D eigenvalue weighted by Gasteiger charge is -2.14. The summed E-state index contributed by atoms with van der Waals surface area (Å²) in [5.41, 5.74) is 8.62. The van der Waals surface area contributed by atoms with Crippen molar-refractivity contribution >= 4 is 44.3 Å². The zero-order valence-corrected chi connectivity index (χ0v) is 35.1. The van der Waals surface area contributed by atoms with E-state index in [1.807, 2.05) is 55.9 Å². The van der Waals surface area contributed by atoms with Crippen molar-refractivity contribution in [3.05, 3.63) is 134 Å². The van der Waals surface area contributed by atoms with Crippen molar-refractivity contribution in [2.75, 3.05) is 19.7 Å². The minimum atomic E-state index is -4.33. The molecule has 1 aliphatic heterocycles. The fourth-order valence-corrected chi connectivity index (χ4v) is 9.02. The number of ether oxygens (including phenoxy) is 1. The van der Waals surface area contributed by atoms with Gasteiger partial charge in [-0.05, 0) is 118 Å². The van der Waals surface area contributed by atoms with Crippen LogP contribution < -0.4 is 14.8 Å². The first-order chi connectivity index (χ1) is 28.3. The number of carbonyl (C=O) groups excluding carboxylic acids is 2. The van der Waals surface area contributed by atoms with Crippen molar-refractivity contribution in [2.45, 2.75) is 64.4 Å². The number of halogens is 1. The van der Waals surface area contributed by atoms with E-state index in [2.05, 4.69) is 32.9 Å². The molecule has 12 nitrogen and oxygen atoms in total. The largest absolute Gasteiger partial charge is 0.494 e.